The Hall–Kier alpha value is -1.75. The van der Waals surface area contributed by atoms with Crippen LogP contribution in [0, 0.1) is 0 Å². The van der Waals surface area contributed by atoms with Crippen molar-refractivity contribution >= 4 is 21.8 Å². The molecule has 1 aliphatic rings. The van der Waals surface area contributed by atoms with Crippen LogP contribution in [0.1, 0.15) is 46.9 Å². The minimum atomic E-state index is -0.466. The van der Waals surface area contributed by atoms with Crippen molar-refractivity contribution in [3.63, 3.8) is 0 Å². The Bertz CT molecular complexity index is 750. The first-order valence-electron chi connectivity index (χ1n) is 7.58. The summed E-state index contributed by atoms with van der Waals surface area (Å²) in [5.74, 6) is -0.139. The number of fused-ring (bicyclic) bond motifs is 1. The molecule has 3 N–H and O–H groups in total. The summed E-state index contributed by atoms with van der Waals surface area (Å²) in [7, 11) is 0. The van der Waals surface area contributed by atoms with Crippen LogP contribution in [0.3, 0.4) is 0 Å². The second kappa shape index (κ2) is 5.80. The fraction of sp³-hybridized carbons (Fsp3) is 0.353. The number of carbonyl (C=O) groups is 1. The zero-order chi connectivity index (χ0) is 15.9. The van der Waals surface area contributed by atoms with Crippen molar-refractivity contribution in [3.8, 4) is 11.6 Å². The van der Waals surface area contributed by atoms with Crippen LogP contribution in [0.4, 0.5) is 0 Å². The van der Waals surface area contributed by atoms with E-state index in [1.165, 1.54) is 17.7 Å². The van der Waals surface area contributed by atoms with E-state index in [2.05, 4.69) is 22.9 Å². The van der Waals surface area contributed by atoms with Crippen LogP contribution in [0.15, 0.2) is 22.7 Å². The molecule has 0 unspecified atom stereocenters. The molecule has 0 bridgehead atoms. The summed E-state index contributed by atoms with van der Waals surface area (Å²) < 4.78 is 2.57. The van der Waals surface area contributed by atoms with Gasteiger partial charge in [0, 0.05) is 21.4 Å². The summed E-state index contributed by atoms with van der Waals surface area (Å²) in [4.78, 5) is 11.4. The van der Waals surface area contributed by atoms with E-state index in [-0.39, 0.29) is 0 Å². The second-order valence-corrected chi connectivity index (χ2v) is 6.51. The molecule has 5 heteroatoms. The topological polar surface area (TPSA) is 68.2 Å². The Labute approximate surface area is 138 Å². The highest BCUT2D eigenvalue weighted by Crippen LogP contribution is 2.37. The first-order chi connectivity index (χ1) is 10.5. The minimum absolute atomic E-state index is 0.327. The van der Waals surface area contributed by atoms with Crippen LogP contribution < -0.4 is 5.73 Å². The largest absolute Gasteiger partial charge is 0.494 e. The van der Waals surface area contributed by atoms with E-state index in [4.69, 9.17) is 5.73 Å². The van der Waals surface area contributed by atoms with Crippen molar-refractivity contribution in [1.29, 1.82) is 0 Å². The van der Waals surface area contributed by atoms with Gasteiger partial charge in [-0.15, -0.1) is 0 Å². The Morgan fingerprint density at radius 2 is 2.09 bits per heavy atom. The van der Waals surface area contributed by atoms with Gasteiger partial charge in [-0.2, -0.15) is 0 Å². The van der Waals surface area contributed by atoms with Crippen LogP contribution in [0.5, 0.6) is 5.88 Å². The van der Waals surface area contributed by atoms with Crippen molar-refractivity contribution < 1.29 is 9.90 Å². The van der Waals surface area contributed by atoms with Crippen LogP contribution in [0.25, 0.3) is 5.69 Å². The Morgan fingerprint density at radius 1 is 1.36 bits per heavy atom. The maximum Gasteiger partial charge on any atom is 0.249 e. The molecule has 116 valence electrons. The van der Waals surface area contributed by atoms with Crippen molar-refractivity contribution in [2.45, 2.75) is 39.0 Å². The summed E-state index contributed by atoms with van der Waals surface area (Å²) in [5, 5.41) is 10.7. The molecule has 1 amide bonds. The monoisotopic (exact) mass is 362 g/mol. The molecule has 2 aromatic rings. The van der Waals surface area contributed by atoms with Crippen molar-refractivity contribution in [1.82, 2.24) is 4.57 Å². The smallest absolute Gasteiger partial charge is 0.249 e. The number of nitrogens with zero attached hydrogens (tertiary/aromatic N) is 1. The normalized spacial score (nSPS) is 13.9. The number of halogens is 1. The standard InChI is InChI=1S/C17H19BrN2O2/c1-2-11-12-5-3-4-6-15(12)20(17(11)22)10-7-8-13(16(19)21)14(18)9-10/h7-9,22H,2-6H2,1H3,(H2,19,21). The van der Waals surface area contributed by atoms with E-state index in [0.717, 1.165) is 36.9 Å². The molecule has 4 nitrogen and oxygen atoms in total. The van der Waals surface area contributed by atoms with Gasteiger partial charge in [0.1, 0.15) is 0 Å². The number of hydrogen-bond acceptors (Lipinski definition) is 2. The molecule has 0 atom stereocenters. The van der Waals surface area contributed by atoms with Crippen molar-refractivity contribution in [2.75, 3.05) is 0 Å². The lowest BCUT2D eigenvalue weighted by atomic mass is 9.94. The average Bonchev–Trinajstić information content (AvgIpc) is 2.78. The third kappa shape index (κ3) is 2.33. The highest BCUT2D eigenvalue weighted by Gasteiger charge is 2.24. The molecule has 0 saturated carbocycles. The maximum absolute atomic E-state index is 11.4. The van der Waals surface area contributed by atoms with Gasteiger partial charge in [-0.3, -0.25) is 9.36 Å². The van der Waals surface area contributed by atoms with Crippen LogP contribution in [0.2, 0.25) is 0 Å². The first kappa shape index (κ1) is 15.2. The highest BCUT2D eigenvalue weighted by molar-refractivity contribution is 9.10. The van der Waals surface area contributed by atoms with Gasteiger partial charge >= 0.3 is 0 Å². The van der Waals surface area contributed by atoms with E-state index in [9.17, 15) is 9.90 Å². The van der Waals surface area contributed by atoms with Gasteiger partial charge in [-0.05, 0) is 71.8 Å². The predicted octanol–water partition coefficient (Wildman–Crippen LogP) is 3.49. The fourth-order valence-electron chi connectivity index (χ4n) is 3.35. The molecule has 1 heterocycles. The van der Waals surface area contributed by atoms with Crippen molar-refractivity contribution in [3.05, 3.63) is 45.1 Å². The number of aromatic hydroxyl groups is 1. The van der Waals surface area contributed by atoms with E-state index in [0.29, 0.717) is 15.9 Å². The number of rotatable bonds is 3. The number of nitrogens with two attached hydrogens (primary N) is 1. The zero-order valence-corrected chi connectivity index (χ0v) is 14.1. The molecule has 22 heavy (non-hydrogen) atoms. The molecule has 1 aromatic carbocycles. The van der Waals surface area contributed by atoms with Gasteiger partial charge in [-0.25, -0.2) is 0 Å². The lowest BCUT2D eigenvalue weighted by Crippen LogP contribution is -2.12. The van der Waals surface area contributed by atoms with E-state index in [1.54, 1.807) is 6.07 Å². The predicted molar refractivity (Wildman–Crippen MR) is 89.7 cm³/mol. The van der Waals surface area contributed by atoms with Crippen molar-refractivity contribution in [2.24, 2.45) is 5.73 Å². The number of hydrogen-bond donors (Lipinski definition) is 2. The molecule has 0 spiro atoms. The van der Waals surface area contributed by atoms with Crippen LogP contribution in [-0.4, -0.2) is 15.6 Å². The molecule has 3 rings (SSSR count). The van der Waals surface area contributed by atoms with Crippen LogP contribution in [-0.2, 0) is 19.3 Å². The van der Waals surface area contributed by atoms with Gasteiger partial charge in [-0.1, -0.05) is 6.92 Å². The zero-order valence-electron chi connectivity index (χ0n) is 12.5. The third-order valence-corrected chi connectivity index (χ3v) is 5.04. The molecule has 0 fully saturated rings. The first-order valence-corrected chi connectivity index (χ1v) is 8.38. The van der Waals surface area contributed by atoms with Crippen LogP contribution >= 0.6 is 15.9 Å². The quantitative estimate of drug-likeness (QED) is 0.877. The van der Waals surface area contributed by atoms with Gasteiger partial charge < -0.3 is 10.8 Å². The second-order valence-electron chi connectivity index (χ2n) is 5.65. The summed E-state index contributed by atoms with van der Waals surface area (Å²) in [6.07, 6.45) is 5.13. The summed E-state index contributed by atoms with van der Waals surface area (Å²) in [5.41, 5.74) is 10.2. The molecule has 1 aromatic heterocycles. The molecule has 1 aliphatic carbocycles. The number of primary amides is 1. The fourth-order valence-corrected chi connectivity index (χ4v) is 3.91. The summed E-state index contributed by atoms with van der Waals surface area (Å²) in [6, 6.07) is 5.37. The minimum Gasteiger partial charge on any atom is -0.494 e. The number of carbonyl (C=O) groups excluding carboxylic acids is 1. The highest BCUT2D eigenvalue weighted by atomic mass is 79.9. The Balaban J connectivity index is 2.18. The van der Waals surface area contributed by atoms with E-state index < -0.39 is 5.91 Å². The van der Waals surface area contributed by atoms with Gasteiger partial charge in [0.2, 0.25) is 5.91 Å². The maximum atomic E-state index is 11.4. The molecular weight excluding hydrogens is 344 g/mol. The summed E-state index contributed by atoms with van der Waals surface area (Å²) >= 11 is 3.39. The van der Waals surface area contributed by atoms with E-state index >= 15 is 0 Å². The average molecular weight is 363 g/mol. The Kier molecular flexibility index (Phi) is 4.00. The molecule has 0 saturated heterocycles. The number of amides is 1. The molecule has 0 aliphatic heterocycles. The molecule has 0 radical (unpaired) electrons. The van der Waals surface area contributed by atoms with Gasteiger partial charge in [0.15, 0.2) is 5.88 Å². The van der Waals surface area contributed by atoms with Gasteiger partial charge in [0.25, 0.3) is 0 Å². The lowest BCUT2D eigenvalue weighted by Gasteiger charge is -2.16. The molecular formula is C17H19BrN2O2. The summed E-state index contributed by atoms with van der Waals surface area (Å²) in [6.45, 7) is 2.07. The lowest BCUT2D eigenvalue weighted by molar-refractivity contribution is 0.0999. The Morgan fingerprint density at radius 3 is 2.73 bits per heavy atom. The number of benzene rings is 1. The number of aromatic nitrogens is 1. The SMILES string of the molecule is CCc1c2c(n(-c3ccc(C(N)=O)c(Br)c3)c1O)CCCC2. The van der Waals surface area contributed by atoms with Gasteiger partial charge in [0.05, 0.1) is 5.56 Å². The third-order valence-electron chi connectivity index (χ3n) is 4.38. The van der Waals surface area contributed by atoms with E-state index in [1.807, 2.05) is 16.7 Å².